The molecule has 0 amide bonds. The van der Waals surface area contributed by atoms with E-state index in [0.717, 1.165) is 23.5 Å². The lowest BCUT2D eigenvalue weighted by atomic mass is 10.2. The molecule has 0 saturated heterocycles. The van der Waals surface area contributed by atoms with Crippen LogP contribution in [-0.2, 0) is 0 Å². The summed E-state index contributed by atoms with van der Waals surface area (Å²) in [6.45, 7) is 2.88. The molecule has 0 aliphatic heterocycles. The summed E-state index contributed by atoms with van der Waals surface area (Å²) in [6, 6.07) is 5.77. The molecule has 116 valence electrons. The second-order valence-electron chi connectivity index (χ2n) is 4.46. The van der Waals surface area contributed by atoms with Crippen LogP contribution in [0.2, 0.25) is 0 Å². The number of nitrogens with one attached hydrogen (secondary N) is 3. The molecule has 0 bridgehead atoms. The van der Waals surface area contributed by atoms with Crippen molar-refractivity contribution in [3.05, 3.63) is 23.8 Å². The van der Waals surface area contributed by atoms with E-state index in [2.05, 4.69) is 22.8 Å². The molecule has 0 aromatic heterocycles. The molecule has 0 heterocycles. The summed E-state index contributed by atoms with van der Waals surface area (Å²) in [5.41, 5.74) is 3.78. The summed E-state index contributed by atoms with van der Waals surface area (Å²) in [7, 11) is 3.39. The molecule has 6 heteroatoms. The highest BCUT2D eigenvalue weighted by Gasteiger charge is 2.06. The second kappa shape index (κ2) is 9.99. The van der Waals surface area contributed by atoms with Crippen molar-refractivity contribution in [3.8, 4) is 11.5 Å². The van der Waals surface area contributed by atoms with E-state index in [4.69, 9.17) is 21.7 Å². The van der Waals surface area contributed by atoms with E-state index in [9.17, 15) is 0 Å². The van der Waals surface area contributed by atoms with Crippen LogP contribution in [0.25, 0.3) is 0 Å². The third-order valence-corrected chi connectivity index (χ3v) is 3.15. The number of hydrazine groups is 1. The molecule has 5 nitrogen and oxygen atoms in total. The normalized spacial score (nSPS) is 10.4. The lowest BCUT2D eigenvalue weighted by Crippen LogP contribution is -2.82. The van der Waals surface area contributed by atoms with Crippen LogP contribution in [0.3, 0.4) is 0 Å². The van der Waals surface area contributed by atoms with Crippen molar-refractivity contribution in [1.82, 2.24) is 10.7 Å². The monoisotopic (exact) mass is 310 g/mol. The van der Waals surface area contributed by atoms with Gasteiger partial charge >= 0.3 is 0 Å². The third-order valence-electron chi connectivity index (χ3n) is 2.84. The van der Waals surface area contributed by atoms with Gasteiger partial charge in [0.2, 0.25) is 5.11 Å². The molecule has 0 atom stereocenters. The fourth-order valence-electron chi connectivity index (χ4n) is 1.67. The minimum atomic E-state index is 0.522. The first kappa shape index (κ1) is 17.2. The average molecular weight is 310 g/mol. The molecule has 21 heavy (non-hydrogen) atoms. The Hall–Kier alpha value is -1.82. The molecule has 0 fully saturated rings. The SMILES string of the molecule is CCCCCOc1ccc(C=[NH+]NC(=S)NC)cc1OC. The molecule has 0 aliphatic carbocycles. The van der Waals surface area contributed by atoms with Gasteiger partial charge in [-0.15, -0.1) is 10.5 Å². The number of hydrazone groups is 1. The van der Waals surface area contributed by atoms with Gasteiger partial charge in [-0.2, -0.15) is 0 Å². The molecule has 3 N–H and O–H groups in total. The van der Waals surface area contributed by atoms with Crippen molar-refractivity contribution in [3.63, 3.8) is 0 Å². The molecule has 0 unspecified atom stereocenters. The number of unbranched alkanes of at least 4 members (excludes halogenated alkanes) is 2. The number of hydrogen-bond donors (Lipinski definition) is 3. The van der Waals surface area contributed by atoms with Crippen LogP contribution in [0.4, 0.5) is 0 Å². The predicted molar refractivity (Wildman–Crippen MR) is 88.9 cm³/mol. The van der Waals surface area contributed by atoms with E-state index in [1.54, 1.807) is 20.4 Å². The van der Waals surface area contributed by atoms with Gasteiger partial charge in [-0.1, -0.05) is 19.8 Å². The summed E-state index contributed by atoms with van der Waals surface area (Å²) in [6.07, 6.45) is 5.21. The standard InChI is InChI=1S/C15H23N3O2S/c1-4-5-6-9-20-13-8-7-12(10-14(13)19-3)11-17-18-15(21)16-2/h7-8,10-11H,4-6,9H2,1-3H3,(H2,16,18,21)/p+1. The first-order valence-electron chi connectivity index (χ1n) is 7.08. The molecule has 0 aliphatic rings. The maximum atomic E-state index is 5.74. The lowest BCUT2D eigenvalue weighted by molar-refractivity contribution is -0.500. The molecular formula is C15H24N3O2S+. The largest absolute Gasteiger partial charge is 0.493 e. The van der Waals surface area contributed by atoms with E-state index in [0.29, 0.717) is 11.7 Å². The summed E-state index contributed by atoms with van der Waals surface area (Å²) >= 11 is 4.96. The van der Waals surface area contributed by atoms with E-state index >= 15 is 0 Å². The molecule has 1 aromatic rings. The van der Waals surface area contributed by atoms with Gasteiger partial charge in [0.05, 0.1) is 13.7 Å². The molecule has 1 aromatic carbocycles. The zero-order valence-electron chi connectivity index (χ0n) is 12.9. The van der Waals surface area contributed by atoms with Crippen molar-refractivity contribution in [2.45, 2.75) is 26.2 Å². The molecule has 1 rings (SSSR count). The summed E-state index contributed by atoms with van der Waals surface area (Å²) in [5, 5.41) is 6.24. The molecule has 0 spiro atoms. The van der Waals surface area contributed by atoms with Crippen LogP contribution in [-0.4, -0.2) is 32.1 Å². The Balaban J connectivity index is 2.63. The van der Waals surface area contributed by atoms with Crippen LogP contribution in [0.1, 0.15) is 31.7 Å². The van der Waals surface area contributed by atoms with Gasteiger partial charge in [0.15, 0.2) is 17.7 Å². The van der Waals surface area contributed by atoms with E-state index in [1.807, 2.05) is 18.2 Å². The maximum absolute atomic E-state index is 5.74. The topological polar surface area (TPSA) is 56.5 Å². The zero-order chi connectivity index (χ0) is 15.5. The van der Waals surface area contributed by atoms with Gasteiger partial charge in [-0.05, 0) is 36.8 Å². The fraction of sp³-hybridized carbons (Fsp3) is 0.467. The number of benzene rings is 1. The zero-order valence-corrected chi connectivity index (χ0v) is 13.7. The quantitative estimate of drug-likeness (QED) is 0.287. The number of ether oxygens (including phenoxy) is 2. The molecular weight excluding hydrogens is 286 g/mol. The predicted octanol–water partition coefficient (Wildman–Crippen LogP) is 0.773. The average Bonchev–Trinajstić information content (AvgIpc) is 2.52. The van der Waals surface area contributed by atoms with Gasteiger partial charge in [-0.3, -0.25) is 0 Å². The Kier molecular flexibility index (Phi) is 8.19. The number of methoxy groups -OCH3 is 1. The highest BCUT2D eigenvalue weighted by molar-refractivity contribution is 7.80. The van der Waals surface area contributed by atoms with Gasteiger partial charge in [0.1, 0.15) is 0 Å². The van der Waals surface area contributed by atoms with Crippen molar-refractivity contribution < 1.29 is 14.6 Å². The first-order valence-corrected chi connectivity index (χ1v) is 7.49. The first-order chi connectivity index (χ1) is 10.2. The van der Waals surface area contributed by atoms with E-state index in [-0.39, 0.29) is 0 Å². The van der Waals surface area contributed by atoms with E-state index in [1.165, 1.54) is 12.8 Å². The number of thiocarbonyl (C=S) groups is 1. The summed E-state index contributed by atoms with van der Waals surface area (Å²) in [5.74, 6) is 1.49. The van der Waals surface area contributed by atoms with Crippen molar-refractivity contribution >= 4 is 23.5 Å². The fourth-order valence-corrected chi connectivity index (χ4v) is 1.73. The highest BCUT2D eigenvalue weighted by atomic mass is 32.1. The minimum Gasteiger partial charge on any atom is -0.493 e. The van der Waals surface area contributed by atoms with Gasteiger partial charge in [-0.25, -0.2) is 0 Å². The van der Waals surface area contributed by atoms with E-state index < -0.39 is 0 Å². The van der Waals surface area contributed by atoms with Crippen molar-refractivity contribution in [1.29, 1.82) is 0 Å². The Morgan fingerprint density at radius 1 is 1.33 bits per heavy atom. The third kappa shape index (κ3) is 6.44. The summed E-state index contributed by atoms with van der Waals surface area (Å²) < 4.78 is 11.1. The smallest absolute Gasteiger partial charge is 0.223 e. The lowest BCUT2D eigenvalue weighted by Gasteiger charge is -2.10. The van der Waals surface area contributed by atoms with Crippen molar-refractivity contribution in [2.75, 3.05) is 20.8 Å². The Labute approximate surface area is 131 Å². The maximum Gasteiger partial charge on any atom is 0.223 e. The number of hydrogen-bond acceptors (Lipinski definition) is 3. The van der Waals surface area contributed by atoms with Gasteiger partial charge in [0, 0.05) is 12.6 Å². The Bertz CT molecular complexity index is 478. The van der Waals surface area contributed by atoms with Crippen molar-refractivity contribution in [2.24, 2.45) is 0 Å². The van der Waals surface area contributed by atoms with Crippen LogP contribution < -0.4 is 25.3 Å². The Morgan fingerprint density at radius 2 is 2.14 bits per heavy atom. The summed E-state index contributed by atoms with van der Waals surface area (Å²) in [4.78, 5) is 0. The van der Waals surface area contributed by atoms with Crippen LogP contribution >= 0.6 is 12.2 Å². The minimum absolute atomic E-state index is 0.522. The Morgan fingerprint density at radius 3 is 2.81 bits per heavy atom. The molecule has 0 saturated carbocycles. The highest BCUT2D eigenvalue weighted by Crippen LogP contribution is 2.27. The van der Waals surface area contributed by atoms with Crippen LogP contribution in [0, 0.1) is 0 Å². The van der Waals surface area contributed by atoms with Crippen LogP contribution in [0.15, 0.2) is 18.2 Å². The number of rotatable bonds is 8. The van der Waals surface area contributed by atoms with Gasteiger partial charge in [0.25, 0.3) is 0 Å². The van der Waals surface area contributed by atoms with Crippen LogP contribution in [0.5, 0.6) is 11.5 Å². The molecule has 0 radical (unpaired) electrons. The van der Waals surface area contributed by atoms with Gasteiger partial charge < -0.3 is 14.8 Å². The second-order valence-corrected chi connectivity index (χ2v) is 4.87.